The van der Waals surface area contributed by atoms with Crippen LogP contribution in [0.15, 0.2) is 96.0 Å². The molecule has 1 saturated heterocycles. The van der Waals surface area contributed by atoms with Crippen LogP contribution in [-0.2, 0) is 10.9 Å². The smallest absolute Gasteiger partial charge is 0.850 e. The van der Waals surface area contributed by atoms with Crippen molar-refractivity contribution in [1.29, 1.82) is 0 Å². The van der Waals surface area contributed by atoms with Crippen molar-refractivity contribution in [1.82, 2.24) is 4.98 Å². The number of ether oxygens (including phenoxy) is 2. The molecular weight excluding hydrogens is 818 g/mol. The average molecular weight is 866 g/mol. The van der Waals surface area contributed by atoms with Gasteiger partial charge in [0.15, 0.2) is 0 Å². The van der Waals surface area contributed by atoms with Gasteiger partial charge < -0.3 is 14.6 Å². The maximum atomic E-state index is 12.9. The Labute approximate surface area is 386 Å². The monoisotopic (exact) mass is 863 g/mol. The van der Waals surface area contributed by atoms with E-state index >= 15 is 0 Å². The molecule has 6 rings (SSSR count). The normalized spacial score (nSPS) is 13.0. The first-order valence-electron chi connectivity index (χ1n) is 17.1. The summed E-state index contributed by atoms with van der Waals surface area (Å²) in [6.07, 6.45) is -1.89. The van der Waals surface area contributed by atoms with Gasteiger partial charge in [-0.1, -0.05) is 104 Å². The summed E-state index contributed by atoms with van der Waals surface area (Å²) < 4.78 is 49.8. The minimum absolute atomic E-state index is 0. The summed E-state index contributed by atoms with van der Waals surface area (Å²) in [5.41, 5.74) is 1.68. The molecule has 0 atom stereocenters. The molecule has 292 valence electrons. The molecule has 0 aliphatic carbocycles. The average Bonchev–Trinajstić information content (AvgIpc) is 3.67. The number of aromatic nitrogens is 1. The molecule has 0 amide bonds. The number of para-hydroxylation sites is 2. The van der Waals surface area contributed by atoms with Crippen molar-refractivity contribution in [3.8, 4) is 17.0 Å². The fourth-order valence-electron chi connectivity index (χ4n) is 4.65. The van der Waals surface area contributed by atoms with Gasteiger partial charge in [0.1, 0.15) is 11.4 Å². The first-order chi connectivity index (χ1) is 25.1. The zero-order valence-corrected chi connectivity index (χ0v) is 38.4. The van der Waals surface area contributed by atoms with Crippen LogP contribution in [0.2, 0.25) is 20.1 Å². The topological polar surface area (TPSA) is 66.8 Å². The van der Waals surface area contributed by atoms with E-state index < -0.39 is 17.3 Å². The van der Waals surface area contributed by atoms with Crippen LogP contribution in [-0.4, -0.2) is 35.1 Å². The van der Waals surface area contributed by atoms with Crippen LogP contribution in [0.4, 0.5) is 18.9 Å². The molecule has 0 saturated carbocycles. The Kier molecular flexibility index (Phi) is 20.1. The number of nitrogens with zero attached hydrogens (tertiary/aromatic N) is 2. The number of benzene rings is 4. The first kappa shape index (κ1) is 49.4. The number of hydrogen-bond donors (Lipinski definition) is 0. The van der Waals surface area contributed by atoms with E-state index in [0.29, 0.717) is 31.4 Å². The van der Waals surface area contributed by atoms with Crippen LogP contribution < -0.4 is 61.2 Å². The zero-order chi connectivity index (χ0) is 40.3. The third-order valence-corrected chi connectivity index (χ3v) is 8.45. The second kappa shape index (κ2) is 22.4. The van der Waals surface area contributed by atoms with E-state index in [9.17, 15) is 18.3 Å². The molecule has 1 aliphatic heterocycles. The number of hydrogen-bond acceptors (Lipinski definition) is 5. The largest absolute Gasteiger partial charge is 1.00 e. The third-order valence-electron chi connectivity index (χ3n) is 6.97. The Morgan fingerprint density at radius 3 is 1.84 bits per heavy atom. The van der Waals surface area contributed by atoms with Crippen molar-refractivity contribution in [2.75, 3.05) is 13.2 Å². The van der Waals surface area contributed by atoms with E-state index in [1.54, 1.807) is 52.0 Å². The summed E-state index contributed by atoms with van der Waals surface area (Å²) in [6.45, 7) is 14.6. The Balaban J connectivity index is 0.000000438. The molecule has 13 heteroatoms. The van der Waals surface area contributed by atoms with Gasteiger partial charge in [-0.2, -0.15) is 13.2 Å². The number of rotatable bonds is 4. The molecule has 1 fully saturated rings. The molecule has 4 aromatic carbocycles. The predicted octanol–water partition coefficient (Wildman–Crippen LogP) is 10.7. The first-order valence-corrected chi connectivity index (χ1v) is 18.6. The van der Waals surface area contributed by atoms with Crippen LogP contribution in [0, 0.1) is 0 Å². The Morgan fingerprint density at radius 1 is 0.764 bits per heavy atom. The Morgan fingerprint density at radius 2 is 1.31 bits per heavy atom. The summed E-state index contributed by atoms with van der Waals surface area (Å²) in [6, 6.07) is 25.4. The van der Waals surface area contributed by atoms with E-state index in [1.807, 2.05) is 63.2 Å². The summed E-state index contributed by atoms with van der Waals surface area (Å²) in [5.74, 6) is 0.809. The van der Waals surface area contributed by atoms with Gasteiger partial charge in [0.25, 0.3) is 0 Å². The second-order valence-electron chi connectivity index (χ2n) is 14.1. The van der Waals surface area contributed by atoms with Gasteiger partial charge in [-0.05, 0) is 94.6 Å². The Hall–Kier alpha value is -1.73. The molecule has 5 nitrogen and oxygen atoms in total. The van der Waals surface area contributed by atoms with Gasteiger partial charge in [-0.15, -0.1) is 5.60 Å². The summed E-state index contributed by atoms with van der Waals surface area (Å²) >= 11 is 23.8. The van der Waals surface area contributed by atoms with E-state index in [1.165, 1.54) is 31.0 Å². The fraction of sp³-hybridized carbons (Fsp3) is 0.333. The maximum absolute atomic E-state index is 12.9. The van der Waals surface area contributed by atoms with Crippen molar-refractivity contribution in [3.63, 3.8) is 0 Å². The van der Waals surface area contributed by atoms with Crippen molar-refractivity contribution >= 4 is 68.7 Å². The number of pyridine rings is 1. The molecule has 0 N–H and O–H groups in total. The SMILES string of the molecule is C1CCOC1.CC(=Nc1ccccc1C(F)(F)F)c1ccc(Cl)c(Cl)c1.CC(C)(C)Oc1cc(-c2ccc(Cl)c(Cl)c2)nc2ccccc12.CC(C)(C)[O-].[2HH].[K+]. The molecule has 2 heterocycles. The quantitative estimate of drug-likeness (QED) is 0.133. The maximum Gasteiger partial charge on any atom is 1.00 e. The van der Waals surface area contributed by atoms with Crippen molar-refractivity contribution in [2.24, 2.45) is 4.99 Å². The van der Waals surface area contributed by atoms with Crippen molar-refractivity contribution < 1.29 is 80.6 Å². The predicted molar refractivity (Wildman–Crippen MR) is 219 cm³/mol. The molecule has 0 unspecified atom stereocenters. The van der Waals surface area contributed by atoms with Crippen LogP contribution in [0.5, 0.6) is 5.75 Å². The molecule has 0 radical (unpaired) electrons. The molecule has 55 heavy (non-hydrogen) atoms. The van der Waals surface area contributed by atoms with Crippen LogP contribution in [0.1, 0.15) is 73.9 Å². The third kappa shape index (κ3) is 17.7. The van der Waals surface area contributed by atoms with E-state index in [2.05, 4.69) is 4.99 Å². The second-order valence-corrected chi connectivity index (χ2v) is 15.8. The van der Waals surface area contributed by atoms with Gasteiger partial charge in [-0.3, -0.25) is 4.99 Å². The van der Waals surface area contributed by atoms with E-state index in [4.69, 9.17) is 60.9 Å². The van der Waals surface area contributed by atoms with Gasteiger partial charge in [-0.25, -0.2) is 4.98 Å². The number of halogens is 7. The minimum atomic E-state index is -4.45. The van der Waals surface area contributed by atoms with Gasteiger partial charge in [0, 0.05) is 37.4 Å². The van der Waals surface area contributed by atoms with Crippen LogP contribution in [0.3, 0.4) is 0 Å². The summed E-state index contributed by atoms with van der Waals surface area (Å²) in [4.78, 5) is 8.79. The molecule has 5 aromatic rings. The van der Waals surface area contributed by atoms with Crippen molar-refractivity contribution in [3.05, 3.63) is 122 Å². The van der Waals surface area contributed by atoms with E-state index in [-0.39, 0.29) is 64.1 Å². The fourth-order valence-corrected chi connectivity index (χ4v) is 5.24. The van der Waals surface area contributed by atoms with Crippen LogP contribution >= 0.6 is 46.4 Å². The minimum Gasteiger partial charge on any atom is -0.850 e. The summed E-state index contributed by atoms with van der Waals surface area (Å²) in [7, 11) is 0. The summed E-state index contributed by atoms with van der Waals surface area (Å²) in [5, 5.41) is 12.8. The molecule has 0 spiro atoms. The molecule has 0 bridgehead atoms. The number of alkyl halides is 3. The van der Waals surface area contributed by atoms with Crippen molar-refractivity contribution in [2.45, 2.75) is 78.7 Å². The number of fused-ring (bicyclic) bond motifs is 1. The van der Waals surface area contributed by atoms with E-state index in [0.717, 1.165) is 47.2 Å². The standard InChI is InChI=1S/C19H17Cl2NO.C15H10Cl2F3N.C4H8O.C4H9O.K.H2/c1-19(2,3)23-18-11-17(12-8-9-14(20)15(21)10-12)22-16-7-5-4-6-13(16)18;1-9(10-6-7-12(16)13(17)8-10)21-14-5-3-2-4-11(14)15(18,19)20;1-2-4-5-3-1;1-4(2,3)5;;/h4-11H,1-3H3;2-8H,1H3;1-4H2;1-3H3;;1H/q;;;-1;+1;/i;;;;;1+1. The number of aliphatic imine (C=N–C) groups is 1. The van der Waals surface area contributed by atoms with Gasteiger partial charge >= 0.3 is 57.6 Å². The molecule has 1 aliphatic rings. The Bertz CT molecular complexity index is 2020. The molecular formula is C42H46Cl4F3KN2O3. The van der Waals surface area contributed by atoms with Gasteiger partial charge in [0.2, 0.25) is 0 Å². The van der Waals surface area contributed by atoms with Crippen LogP contribution in [0.25, 0.3) is 22.2 Å². The molecule has 1 aromatic heterocycles. The van der Waals surface area contributed by atoms with Gasteiger partial charge in [0.05, 0.1) is 42.6 Å². The zero-order valence-electron chi connectivity index (χ0n) is 32.3.